The number of halogens is 2. The highest BCUT2D eigenvalue weighted by atomic mass is 79.9. The van der Waals surface area contributed by atoms with E-state index in [1.807, 2.05) is 6.07 Å². The molecule has 0 saturated heterocycles. The van der Waals surface area contributed by atoms with Crippen LogP contribution in [0.4, 0.5) is 10.1 Å². The van der Waals surface area contributed by atoms with Crippen molar-refractivity contribution in [3.8, 4) is 5.75 Å². The molecule has 2 aromatic rings. The van der Waals surface area contributed by atoms with Crippen LogP contribution in [-0.4, -0.2) is 17.6 Å². The zero-order valence-corrected chi connectivity index (χ0v) is 12.7. The third-order valence-electron chi connectivity index (χ3n) is 3.60. The highest BCUT2D eigenvalue weighted by Gasteiger charge is 2.27. The van der Waals surface area contributed by atoms with E-state index >= 15 is 0 Å². The van der Waals surface area contributed by atoms with E-state index in [0.717, 1.165) is 18.4 Å². The molecule has 1 amide bonds. The fraction of sp³-hybridized carbons (Fsp3) is 0.188. The van der Waals surface area contributed by atoms with E-state index < -0.39 is 11.7 Å². The zero-order chi connectivity index (χ0) is 15.0. The van der Waals surface area contributed by atoms with Crippen LogP contribution in [0.3, 0.4) is 0 Å². The van der Waals surface area contributed by atoms with E-state index in [0.29, 0.717) is 16.7 Å². The maximum Gasteiger partial charge on any atom is 0.261 e. The summed E-state index contributed by atoms with van der Waals surface area (Å²) in [6.07, 6.45) is 1.59. The number of anilines is 1. The summed E-state index contributed by atoms with van der Waals surface area (Å²) in [4.78, 5) is 14.1. The Labute approximate surface area is 130 Å². The van der Waals surface area contributed by atoms with Crippen molar-refractivity contribution in [1.29, 1.82) is 0 Å². The molecule has 2 aromatic carbocycles. The Morgan fingerprint density at radius 2 is 2.10 bits per heavy atom. The van der Waals surface area contributed by atoms with Gasteiger partial charge in [-0.1, -0.05) is 28.1 Å². The van der Waals surface area contributed by atoms with Gasteiger partial charge in [0.25, 0.3) is 5.91 Å². The van der Waals surface area contributed by atoms with E-state index in [4.69, 9.17) is 0 Å². The summed E-state index contributed by atoms with van der Waals surface area (Å²) in [5, 5.41) is 10.0. The molecule has 1 aliphatic rings. The zero-order valence-electron chi connectivity index (χ0n) is 11.1. The summed E-state index contributed by atoms with van der Waals surface area (Å²) < 4.78 is 14.6. The molecule has 3 nitrogen and oxygen atoms in total. The van der Waals surface area contributed by atoms with Gasteiger partial charge in [0.15, 0.2) is 0 Å². The standard InChI is InChI=1S/C16H13BrFNO2/c17-11-6-7-12(13(18)9-11)16(21)19-8-2-4-10-3-1-5-14(20)15(10)19/h1,3,5-7,9,20H,2,4,8H2. The number of phenols is 1. The lowest BCUT2D eigenvalue weighted by Crippen LogP contribution is -2.36. The van der Waals surface area contributed by atoms with Crippen LogP contribution in [0.25, 0.3) is 0 Å². The van der Waals surface area contributed by atoms with E-state index in [-0.39, 0.29) is 11.3 Å². The first-order valence-corrected chi connectivity index (χ1v) is 7.45. The van der Waals surface area contributed by atoms with Crippen molar-refractivity contribution in [3.63, 3.8) is 0 Å². The molecular weight excluding hydrogens is 337 g/mol. The molecule has 0 bridgehead atoms. The topological polar surface area (TPSA) is 40.5 Å². The number of hydrogen-bond donors (Lipinski definition) is 1. The lowest BCUT2D eigenvalue weighted by molar-refractivity contribution is 0.0980. The molecule has 0 unspecified atom stereocenters. The van der Waals surface area contributed by atoms with Gasteiger partial charge in [-0.25, -0.2) is 4.39 Å². The molecule has 21 heavy (non-hydrogen) atoms. The average molecular weight is 350 g/mol. The van der Waals surface area contributed by atoms with Crippen molar-refractivity contribution in [2.45, 2.75) is 12.8 Å². The summed E-state index contributed by atoms with van der Waals surface area (Å²) in [6, 6.07) is 9.53. The maximum absolute atomic E-state index is 14.0. The van der Waals surface area contributed by atoms with Crippen LogP contribution in [0.5, 0.6) is 5.75 Å². The number of carbonyl (C=O) groups excluding carboxylic acids is 1. The first kappa shape index (κ1) is 14.1. The Kier molecular flexibility index (Phi) is 3.68. The van der Waals surface area contributed by atoms with Crippen molar-refractivity contribution in [2.75, 3.05) is 11.4 Å². The van der Waals surface area contributed by atoms with Crippen molar-refractivity contribution in [2.24, 2.45) is 0 Å². The van der Waals surface area contributed by atoms with Crippen LogP contribution in [0, 0.1) is 5.82 Å². The normalized spacial score (nSPS) is 13.9. The number of amides is 1. The van der Waals surface area contributed by atoms with Crippen LogP contribution in [0.1, 0.15) is 22.3 Å². The molecule has 1 heterocycles. The summed E-state index contributed by atoms with van der Waals surface area (Å²) >= 11 is 3.17. The minimum Gasteiger partial charge on any atom is -0.506 e. The molecule has 0 aromatic heterocycles. The molecule has 0 saturated carbocycles. The summed E-state index contributed by atoms with van der Waals surface area (Å²) in [6.45, 7) is 0.471. The van der Waals surface area contributed by atoms with Gasteiger partial charge in [-0.2, -0.15) is 0 Å². The fourth-order valence-electron chi connectivity index (χ4n) is 2.64. The Bertz CT molecular complexity index is 717. The van der Waals surface area contributed by atoms with Crippen molar-refractivity contribution < 1.29 is 14.3 Å². The number of hydrogen-bond acceptors (Lipinski definition) is 2. The minimum absolute atomic E-state index is 0.00861. The largest absolute Gasteiger partial charge is 0.506 e. The Morgan fingerprint density at radius 3 is 2.86 bits per heavy atom. The number of carbonyl (C=O) groups is 1. The van der Waals surface area contributed by atoms with E-state index in [2.05, 4.69) is 15.9 Å². The quantitative estimate of drug-likeness (QED) is 0.848. The molecular formula is C16H13BrFNO2. The summed E-state index contributed by atoms with van der Waals surface area (Å²) in [5.74, 6) is -0.947. The van der Waals surface area contributed by atoms with Gasteiger partial charge in [0.1, 0.15) is 11.6 Å². The minimum atomic E-state index is -0.572. The number of rotatable bonds is 1. The lowest BCUT2D eigenvalue weighted by atomic mass is 10.00. The van der Waals surface area contributed by atoms with Gasteiger partial charge in [-0.05, 0) is 42.7 Å². The molecule has 1 N–H and O–H groups in total. The molecule has 0 atom stereocenters. The van der Waals surface area contributed by atoms with E-state index in [1.54, 1.807) is 18.2 Å². The third-order valence-corrected chi connectivity index (χ3v) is 4.10. The predicted octanol–water partition coefficient (Wildman–Crippen LogP) is 3.89. The Morgan fingerprint density at radius 1 is 1.29 bits per heavy atom. The predicted molar refractivity (Wildman–Crippen MR) is 82.2 cm³/mol. The van der Waals surface area contributed by atoms with Crippen LogP contribution in [0.15, 0.2) is 40.9 Å². The SMILES string of the molecule is O=C(c1ccc(Br)cc1F)N1CCCc2cccc(O)c21. The smallest absolute Gasteiger partial charge is 0.261 e. The number of nitrogens with zero attached hydrogens (tertiary/aromatic N) is 1. The summed E-state index contributed by atoms with van der Waals surface area (Å²) in [7, 11) is 0. The maximum atomic E-state index is 14.0. The lowest BCUT2D eigenvalue weighted by Gasteiger charge is -2.30. The van der Waals surface area contributed by atoms with E-state index in [1.165, 1.54) is 17.0 Å². The number of benzene rings is 2. The number of aryl methyl sites for hydroxylation is 1. The monoisotopic (exact) mass is 349 g/mol. The molecule has 0 fully saturated rings. The van der Waals surface area contributed by atoms with E-state index in [9.17, 15) is 14.3 Å². The van der Waals surface area contributed by atoms with Crippen molar-refractivity contribution in [3.05, 3.63) is 57.8 Å². The van der Waals surface area contributed by atoms with Crippen LogP contribution in [0.2, 0.25) is 0 Å². The van der Waals surface area contributed by atoms with Crippen molar-refractivity contribution in [1.82, 2.24) is 0 Å². The second-order valence-electron chi connectivity index (χ2n) is 4.97. The average Bonchev–Trinajstić information content (AvgIpc) is 2.46. The molecule has 5 heteroatoms. The third kappa shape index (κ3) is 2.53. The van der Waals surface area contributed by atoms with Gasteiger partial charge in [0, 0.05) is 11.0 Å². The molecule has 0 spiro atoms. The molecule has 3 rings (SSSR count). The molecule has 0 radical (unpaired) electrons. The van der Waals surface area contributed by atoms with Gasteiger partial charge in [0.2, 0.25) is 0 Å². The number of para-hydroxylation sites is 1. The fourth-order valence-corrected chi connectivity index (χ4v) is 2.98. The molecule has 1 aliphatic heterocycles. The highest BCUT2D eigenvalue weighted by Crippen LogP contribution is 2.36. The Hall–Kier alpha value is -1.88. The highest BCUT2D eigenvalue weighted by molar-refractivity contribution is 9.10. The second kappa shape index (κ2) is 5.48. The molecule has 0 aliphatic carbocycles. The Balaban J connectivity index is 2.04. The van der Waals surface area contributed by atoms with Gasteiger partial charge >= 0.3 is 0 Å². The van der Waals surface area contributed by atoms with Crippen LogP contribution in [-0.2, 0) is 6.42 Å². The number of aromatic hydroxyl groups is 1. The van der Waals surface area contributed by atoms with Gasteiger partial charge in [-0.15, -0.1) is 0 Å². The van der Waals surface area contributed by atoms with Gasteiger partial charge in [-0.3, -0.25) is 4.79 Å². The number of fused-ring (bicyclic) bond motifs is 1. The van der Waals surface area contributed by atoms with Gasteiger partial charge < -0.3 is 10.0 Å². The van der Waals surface area contributed by atoms with Crippen LogP contribution >= 0.6 is 15.9 Å². The molecule has 108 valence electrons. The van der Waals surface area contributed by atoms with Crippen molar-refractivity contribution >= 4 is 27.5 Å². The number of phenolic OH excluding ortho intramolecular Hbond substituents is 1. The van der Waals surface area contributed by atoms with Gasteiger partial charge in [0.05, 0.1) is 11.3 Å². The first-order valence-electron chi connectivity index (χ1n) is 6.65. The first-order chi connectivity index (χ1) is 10.1. The van der Waals surface area contributed by atoms with Crippen LogP contribution < -0.4 is 4.90 Å². The second-order valence-corrected chi connectivity index (χ2v) is 5.89. The summed E-state index contributed by atoms with van der Waals surface area (Å²) in [5.41, 5.74) is 1.41.